The Bertz CT molecular complexity index is 903. The number of nitrogens with two attached hydrogens (primary N) is 2. The Labute approximate surface area is 224 Å². The van der Waals surface area contributed by atoms with Crippen molar-refractivity contribution in [3.05, 3.63) is 0 Å². The molecule has 38 heavy (non-hydrogen) atoms. The van der Waals surface area contributed by atoms with Crippen LogP contribution >= 0.6 is 9.24 Å². The predicted molar refractivity (Wildman–Crippen MR) is 142 cm³/mol. The van der Waals surface area contributed by atoms with Crippen molar-refractivity contribution in [3.8, 4) is 0 Å². The molecule has 1 aliphatic rings. The number of aliphatic carboxylic acids is 1. The lowest BCUT2D eigenvalue weighted by Gasteiger charge is -2.25. The Morgan fingerprint density at radius 2 is 1.42 bits per heavy atom. The summed E-state index contributed by atoms with van der Waals surface area (Å²) in [6, 6.07) is -4.82. The van der Waals surface area contributed by atoms with Crippen LogP contribution in [0.5, 0.6) is 0 Å². The molecule has 0 aliphatic carbocycles. The molecule has 2 radical (unpaired) electrons. The summed E-state index contributed by atoms with van der Waals surface area (Å²) in [4.78, 5) is 79.2. The monoisotopic (exact) mass is 554 g/mol. The number of rotatable bonds is 11. The summed E-state index contributed by atoms with van der Waals surface area (Å²) in [6.07, 6.45) is 1.34. The first kappa shape index (κ1) is 32.6. The van der Waals surface area contributed by atoms with Crippen LogP contribution in [0.2, 0.25) is 6.32 Å². The second-order valence-electron chi connectivity index (χ2n) is 8.59. The Balaban J connectivity index is 3.28. The van der Waals surface area contributed by atoms with Crippen LogP contribution < -0.4 is 38.1 Å². The van der Waals surface area contributed by atoms with Crippen molar-refractivity contribution in [2.45, 2.75) is 69.0 Å². The molecule has 10 N–H and O–H groups in total. The van der Waals surface area contributed by atoms with Crippen molar-refractivity contribution in [1.82, 2.24) is 26.6 Å². The van der Waals surface area contributed by atoms with Crippen LogP contribution in [-0.4, -0.2) is 97.8 Å². The van der Waals surface area contributed by atoms with Crippen LogP contribution in [0.1, 0.15) is 38.5 Å². The fourth-order valence-corrected chi connectivity index (χ4v) is 3.83. The van der Waals surface area contributed by atoms with E-state index in [1.54, 1.807) is 0 Å². The average molecular weight is 554 g/mol. The third kappa shape index (κ3) is 12.2. The van der Waals surface area contributed by atoms with Crippen molar-refractivity contribution in [2.75, 3.05) is 19.3 Å². The minimum Gasteiger partial charge on any atom is -0.481 e. The highest BCUT2D eigenvalue weighted by molar-refractivity contribution is 7.16. The Morgan fingerprint density at radius 1 is 0.868 bits per heavy atom. The molecule has 0 aromatic rings. The van der Waals surface area contributed by atoms with E-state index in [1.807, 2.05) is 0 Å². The van der Waals surface area contributed by atoms with Gasteiger partial charge < -0.3 is 43.2 Å². The number of guanidine groups is 1. The van der Waals surface area contributed by atoms with E-state index in [9.17, 15) is 28.8 Å². The molecular formula is C21H36BN8O7P. The minimum atomic E-state index is -1.51. The van der Waals surface area contributed by atoms with E-state index in [1.165, 1.54) is 0 Å². The molecule has 5 atom stereocenters. The number of carbonyl (C=O) groups is 6. The topological polar surface area (TPSA) is 247 Å². The number of carboxylic acid groups (broad SMARTS) is 1. The molecule has 1 rings (SSSR count). The zero-order valence-electron chi connectivity index (χ0n) is 21.0. The molecule has 17 heteroatoms. The van der Waals surface area contributed by atoms with Gasteiger partial charge in [0.25, 0.3) is 0 Å². The molecule has 5 amide bonds. The summed E-state index contributed by atoms with van der Waals surface area (Å²) in [5.74, 6) is -5.31. The summed E-state index contributed by atoms with van der Waals surface area (Å²) in [6.45, 7) is -0.410. The van der Waals surface area contributed by atoms with E-state index in [-0.39, 0.29) is 31.5 Å². The molecule has 1 aliphatic heterocycles. The van der Waals surface area contributed by atoms with Gasteiger partial charge in [0.2, 0.25) is 29.5 Å². The maximum atomic E-state index is 13.1. The summed E-state index contributed by atoms with van der Waals surface area (Å²) in [5, 5.41) is 21.4. The van der Waals surface area contributed by atoms with Crippen LogP contribution in [-0.2, 0) is 28.8 Å². The minimum absolute atomic E-state index is 0.0376. The lowest BCUT2D eigenvalue weighted by Crippen LogP contribution is -2.58. The van der Waals surface area contributed by atoms with Gasteiger partial charge in [-0.15, -0.1) is 9.24 Å². The molecule has 1 fully saturated rings. The molecule has 210 valence electrons. The highest BCUT2D eigenvalue weighted by Gasteiger charge is 2.32. The van der Waals surface area contributed by atoms with Gasteiger partial charge in [-0.2, -0.15) is 0 Å². The smallest absolute Gasteiger partial charge is 0.305 e. The number of hydrogen-bond acceptors (Lipinski definition) is 7. The number of nitrogens with one attached hydrogen (secondary N) is 5. The van der Waals surface area contributed by atoms with Crippen LogP contribution in [0.4, 0.5) is 0 Å². The molecule has 15 nitrogen and oxygen atoms in total. The normalized spacial score (nSPS) is 23.4. The lowest BCUT2D eigenvalue weighted by atomic mass is 9.97. The van der Waals surface area contributed by atoms with Gasteiger partial charge >= 0.3 is 5.97 Å². The molecule has 0 bridgehead atoms. The van der Waals surface area contributed by atoms with E-state index in [0.717, 1.165) is 0 Å². The SMILES string of the molecule is [B]CCCCC1NC(=O)C(CCCN=C(N)N)NC(=O)CNC(=O)C(CC(=O)O)NC(=O)C(CP)NC1=O. The van der Waals surface area contributed by atoms with E-state index in [4.69, 9.17) is 24.4 Å². The number of unbranched alkanes of at least 4 members (excludes halogenated alkanes) is 1. The van der Waals surface area contributed by atoms with Gasteiger partial charge in [0, 0.05) is 6.54 Å². The van der Waals surface area contributed by atoms with Gasteiger partial charge in [0.15, 0.2) is 5.96 Å². The first-order valence-electron chi connectivity index (χ1n) is 12.1. The Kier molecular flexibility index (Phi) is 14.7. The number of nitrogens with zero attached hydrogens (tertiary/aromatic N) is 1. The second-order valence-corrected chi connectivity index (χ2v) is 9.06. The molecule has 0 saturated carbocycles. The zero-order chi connectivity index (χ0) is 28.7. The number of aliphatic imine (C=N–C) groups is 1. The van der Waals surface area contributed by atoms with E-state index >= 15 is 0 Å². The summed E-state index contributed by atoms with van der Waals surface area (Å²) in [5.41, 5.74) is 10.6. The molecular weight excluding hydrogens is 518 g/mol. The third-order valence-electron chi connectivity index (χ3n) is 5.48. The zero-order valence-corrected chi connectivity index (χ0v) is 22.2. The van der Waals surface area contributed by atoms with Gasteiger partial charge in [0.1, 0.15) is 24.2 Å². The quantitative estimate of drug-likeness (QED) is 0.0410. The van der Waals surface area contributed by atoms with Gasteiger partial charge in [-0.25, -0.2) is 0 Å². The highest BCUT2D eigenvalue weighted by atomic mass is 31.0. The summed E-state index contributed by atoms with van der Waals surface area (Å²) in [7, 11) is 7.83. The maximum Gasteiger partial charge on any atom is 0.305 e. The molecule has 1 saturated heterocycles. The van der Waals surface area contributed by atoms with Gasteiger partial charge in [-0.3, -0.25) is 33.8 Å². The number of hydrogen-bond donors (Lipinski definition) is 8. The van der Waals surface area contributed by atoms with Crippen molar-refractivity contribution in [3.63, 3.8) is 0 Å². The molecule has 1 heterocycles. The van der Waals surface area contributed by atoms with Crippen LogP contribution in [0.25, 0.3) is 0 Å². The van der Waals surface area contributed by atoms with Crippen molar-refractivity contribution in [2.24, 2.45) is 16.5 Å². The largest absolute Gasteiger partial charge is 0.481 e. The predicted octanol–water partition coefficient (Wildman–Crippen LogP) is -3.78. The standard InChI is InChI=1S/C21H36BN8O7P/c22-6-2-1-4-12-19(36)30-14(10-38)20(37)29-13(8-16(32)33)17(34)26-9-15(31)27-11(18(35)28-12)5-3-7-25-21(23)24/h11-14H,1-10,38H2,(H,26,34)(H,27,31)(H,28,35)(H,29,37)(H,30,36)(H,32,33)(H4,23,24,25). The number of carboxylic acids is 1. The maximum absolute atomic E-state index is 13.1. The van der Waals surface area contributed by atoms with Crippen molar-refractivity contribution < 1.29 is 33.9 Å². The Hall–Kier alpha value is -3.42. The molecule has 5 unspecified atom stereocenters. The van der Waals surface area contributed by atoms with Gasteiger partial charge in [-0.05, 0) is 25.4 Å². The number of amides is 5. The Morgan fingerprint density at radius 3 is 2.00 bits per heavy atom. The fraction of sp³-hybridized carbons (Fsp3) is 0.667. The van der Waals surface area contributed by atoms with Crippen molar-refractivity contribution >= 4 is 58.6 Å². The first-order chi connectivity index (χ1) is 18.0. The van der Waals surface area contributed by atoms with Crippen LogP contribution in [0, 0.1) is 0 Å². The molecule has 0 aromatic heterocycles. The van der Waals surface area contributed by atoms with Crippen LogP contribution in [0.3, 0.4) is 0 Å². The van der Waals surface area contributed by atoms with E-state index in [2.05, 4.69) is 40.8 Å². The van der Waals surface area contributed by atoms with Gasteiger partial charge in [0.05, 0.1) is 20.8 Å². The first-order valence-corrected chi connectivity index (χ1v) is 13.0. The number of carbonyl (C=O) groups excluding carboxylic acids is 5. The summed E-state index contributed by atoms with van der Waals surface area (Å²) >= 11 is 0. The highest BCUT2D eigenvalue weighted by Crippen LogP contribution is 2.08. The fourth-order valence-electron chi connectivity index (χ4n) is 3.50. The summed E-state index contributed by atoms with van der Waals surface area (Å²) < 4.78 is 0. The third-order valence-corrected chi connectivity index (χ3v) is 5.95. The second kappa shape index (κ2) is 17.2. The van der Waals surface area contributed by atoms with Crippen LogP contribution in [0.15, 0.2) is 4.99 Å². The molecule has 0 spiro atoms. The lowest BCUT2D eigenvalue weighted by molar-refractivity contribution is -0.141. The average Bonchev–Trinajstić information content (AvgIpc) is 2.85. The van der Waals surface area contributed by atoms with Gasteiger partial charge in [-0.1, -0.05) is 19.2 Å². The molecule has 0 aromatic carbocycles. The van der Waals surface area contributed by atoms with E-state index in [0.29, 0.717) is 25.6 Å². The van der Waals surface area contributed by atoms with E-state index < -0.39 is 72.6 Å². The van der Waals surface area contributed by atoms with Crippen molar-refractivity contribution in [1.29, 1.82) is 0 Å².